The molecule has 166 valence electrons. The normalized spacial score (nSPS) is 12.3. The number of rotatable bonds is 18. The number of phenolic OH excluding ortho intramolecular Hbond substituents is 1. The van der Waals surface area contributed by atoms with Crippen LogP contribution in [0.25, 0.3) is 0 Å². The maximum Gasteiger partial charge on any atom is 0.115 e. The first-order chi connectivity index (χ1) is 14.8. The highest BCUT2D eigenvalue weighted by Crippen LogP contribution is 2.09. The highest BCUT2D eigenvalue weighted by molar-refractivity contribution is 5.25. The van der Waals surface area contributed by atoms with Gasteiger partial charge in [-0.3, -0.25) is 0 Å². The Hall–Kier alpha value is -2.06. The standard InChI is InChI=1S/C28H43NO/c1-2-3-4-5-6-7-8-9-10-11-12-13-14-15-16-17-18-19-25-29-26-24-27-20-22-28(30)23-21-27/h6-7,9-10,12-13,15-16,20-23,29-30H,2-5,8,11,14,17-19,24-26H2,1H3. The van der Waals surface area contributed by atoms with E-state index < -0.39 is 0 Å². The average molecular weight is 410 g/mol. The molecular formula is C28H43NO. The third-order valence-corrected chi connectivity index (χ3v) is 4.96. The summed E-state index contributed by atoms with van der Waals surface area (Å²) in [5.74, 6) is 0.337. The summed E-state index contributed by atoms with van der Waals surface area (Å²) in [6.45, 7) is 4.32. The lowest BCUT2D eigenvalue weighted by Gasteiger charge is -2.04. The molecule has 0 aromatic heterocycles. The van der Waals surface area contributed by atoms with Gasteiger partial charge < -0.3 is 10.4 Å². The Balaban J connectivity index is 1.86. The number of allylic oxidation sites excluding steroid dienone is 8. The molecule has 0 bridgehead atoms. The van der Waals surface area contributed by atoms with E-state index in [9.17, 15) is 5.11 Å². The summed E-state index contributed by atoms with van der Waals surface area (Å²) in [7, 11) is 0. The molecule has 0 aliphatic heterocycles. The van der Waals surface area contributed by atoms with Gasteiger partial charge in [-0.1, -0.05) is 80.5 Å². The number of phenols is 1. The molecule has 0 spiro atoms. The molecule has 1 aromatic carbocycles. The van der Waals surface area contributed by atoms with E-state index >= 15 is 0 Å². The lowest BCUT2D eigenvalue weighted by molar-refractivity contribution is 0.475. The van der Waals surface area contributed by atoms with E-state index in [0.717, 1.165) is 45.2 Å². The fourth-order valence-corrected chi connectivity index (χ4v) is 3.09. The van der Waals surface area contributed by atoms with E-state index in [0.29, 0.717) is 5.75 Å². The summed E-state index contributed by atoms with van der Waals surface area (Å²) in [5, 5.41) is 12.8. The van der Waals surface area contributed by atoms with Crippen molar-refractivity contribution in [3.8, 4) is 5.75 Å². The summed E-state index contributed by atoms with van der Waals surface area (Å²) in [6, 6.07) is 7.48. The van der Waals surface area contributed by atoms with Gasteiger partial charge in [-0.15, -0.1) is 0 Å². The highest BCUT2D eigenvalue weighted by atomic mass is 16.3. The molecule has 2 N–H and O–H groups in total. The second-order valence-corrected chi connectivity index (χ2v) is 7.75. The van der Waals surface area contributed by atoms with Crippen molar-refractivity contribution in [2.75, 3.05) is 13.1 Å². The third kappa shape index (κ3) is 16.9. The van der Waals surface area contributed by atoms with Gasteiger partial charge in [-0.25, -0.2) is 0 Å². The van der Waals surface area contributed by atoms with Crippen LogP contribution in [-0.2, 0) is 6.42 Å². The summed E-state index contributed by atoms with van der Waals surface area (Å²) >= 11 is 0. The van der Waals surface area contributed by atoms with Crippen LogP contribution in [0, 0.1) is 0 Å². The fraction of sp³-hybridized carbons (Fsp3) is 0.500. The molecule has 0 radical (unpaired) electrons. The molecule has 0 aliphatic rings. The molecule has 1 aromatic rings. The number of hydrogen-bond acceptors (Lipinski definition) is 2. The Morgan fingerprint density at radius 1 is 0.667 bits per heavy atom. The summed E-state index contributed by atoms with van der Waals surface area (Å²) in [6.07, 6.45) is 31.2. The summed E-state index contributed by atoms with van der Waals surface area (Å²) < 4.78 is 0. The van der Waals surface area contributed by atoms with Crippen LogP contribution in [-0.4, -0.2) is 18.2 Å². The van der Waals surface area contributed by atoms with Crippen molar-refractivity contribution < 1.29 is 5.11 Å². The van der Waals surface area contributed by atoms with Crippen molar-refractivity contribution in [1.82, 2.24) is 5.32 Å². The van der Waals surface area contributed by atoms with E-state index in [1.165, 1.54) is 44.1 Å². The van der Waals surface area contributed by atoms with Gasteiger partial charge in [-0.2, -0.15) is 0 Å². The van der Waals surface area contributed by atoms with Crippen molar-refractivity contribution in [2.45, 2.75) is 77.6 Å². The number of nitrogens with one attached hydrogen (secondary N) is 1. The second-order valence-electron chi connectivity index (χ2n) is 7.75. The van der Waals surface area contributed by atoms with Crippen LogP contribution < -0.4 is 5.32 Å². The molecule has 2 nitrogen and oxygen atoms in total. The van der Waals surface area contributed by atoms with Crippen molar-refractivity contribution in [1.29, 1.82) is 0 Å². The number of benzene rings is 1. The predicted molar refractivity (Wildman–Crippen MR) is 133 cm³/mol. The summed E-state index contributed by atoms with van der Waals surface area (Å²) in [5.41, 5.74) is 1.27. The first-order valence-electron chi connectivity index (χ1n) is 11.9. The first kappa shape index (κ1) is 26.0. The zero-order valence-corrected chi connectivity index (χ0v) is 19.1. The molecule has 2 heteroatoms. The van der Waals surface area contributed by atoms with Crippen LogP contribution >= 0.6 is 0 Å². The van der Waals surface area contributed by atoms with Crippen LogP contribution in [0.2, 0.25) is 0 Å². The number of unbranched alkanes of at least 4 members (excludes halogenated alkanes) is 5. The molecular weight excluding hydrogens is 366 g/mol. The minimum Gasteiger partial charge on any atom is -0.508 e. The molecule has 0 saturated carbocycles. The first-order valence-corrected chi connectivity index (χ1v) is 11.9. The van der Waals surface area contributed by atoms with Crippen molar-refractivity contribution in [3.63, 3.8) is 0 Å². The van der Waals surface area contributed by atoms with Crippen molar-refractivity contribution >= 4 is 0 Å². The Morgan fingerprint density at radius 2 is 1.20 bits per heavy atom. The minimum absolute atomic E-state index is 0.337. The maximum atomic E-state index is 9.27. The highest BCUT2D eigenvalue weighted by Gasteiger charge is 1.93. The summed E-state index contributed by atoms with van der Waals surface area (Å²) in [4.78, 5) is 0. The zero-order valence-electron chi connectivity index (χ0n) is 19.1. The fourth-order valence-electron chi connectivity index (χ4n) is 3.09. The molecule has 0 saturated heterocycles. The SMILES string of the molecule is CCCCCC=CCC=CCC=CCC=CCCCCNCCc1ccc(O)cc1. The largest absolute Gasteiger partial charge is 0.508 e. The van der Waals surface area contributed by atoms with E-state index in [1.54, 1.807) is 12.1 Å². The van der Waals surface area contributed by atoms with Gasteiger partial charge in [0.15, 0.2) is 0 Å². The minimum atomic E-state index is 0.337. The molecule has 30 heavy (non-hydrogen) atoms. The smallest absolute Gasteiger partial charge is 0.115 e. The van der Waals surface area contributed by atoms with E-state index in [4.69, 9.17) is 0 Å². The lowest BCUT2D eigenvalue weighted by atomic mass is 10.1. The van der Waals surface area contributed by atoms with Crippen LogP contribution in [0.3, 0.4) is 0 Å². The molecule has 0 amide bonds. The van der Waals surface area contributed by atoms with Crippen LogP contribution in [0.5, 0.6) is 5.75 Å². The Morgan fingerprint density at radius 3 is 1.77 bits per heavy atom. The van der Waals surface area contributed by atoms with Gasteiger partial charge in [0.2, 0.25) is 0 Å². The quantitative estimate of drug-likeness (QED) is 0.192. The van der Waals surface area contributed by atoms with E-state index in [-0.39, 0.29) is 0 Å². The van der Waals surface area contributed by atoms with Crippen LogP contribution in [0.1, 0.15) is 76.7 Å². The molecule has 0 unspecified atom stereocenters. The average Bonchev–Trinajstić information content (AvgIpc) is 2.76. The topological polar surface area (TPSA) is 32.3 Å². The number of hydrogen-bond donors (Lipinski definition) is 2. The lowest BCUT2D eigenvalue weighted by Crippen LogP contribution is -2.18. The predicted octanol–water partition coefficient (Wildman–Crippen LogP) is 7.67. The Kier molecular flexibility index (Phi) is 17.5. The molecule has 0 fully saturated rings. The van der Waals surface area contributed by atoms with E-state index in [2.05, 4.69) is 60.8 Å². The van der Waals surface area contributed by atoms with Gasteiger partial charge >= 0.3 is 0 Å². The second kappa shape index (κ2) is 20.2. The van der Waals surface area contributed by atoms with Gasteiger partial charge in [0, 0.05) is 0 Å². The zero-order chi connectivity index (χ0) is 21.5. The van der Waals surface area contributed by atoms with Gasteiger partial charge in [-0.05, 0) is 88.6 Å². The molecule has 0 aliphatic carbocycles. The van der Waals surface area contributed by atoms with Gasteiger partial charge in [0.05, 0.1) is 0 Å². The van der Waals surface area contributed by atoms with E-state index in [1.807, 2.05) is 12.1 Å². The molecule has 1 rings (SSSR count). The number of aromatic hydroxyl groups is 1. The van der Waals surface area contributed by atoms with Crippen molar-refractivity contribution in [3.05, 3.63) is 78.4 Å². The third-order valence-electron chi connectivity index (χ3n) is 4.96. The van der Waals surface area contributed by atoms with Crippen molar-refractivity contribution in [2.24, 2.45) is 0 Å². The Labute approximate surface area is 185 Å². The van der Waals surface area contributed by atoms with Gasteiger partial charge in [0.25, 0.3) is 0 Å². The van der Waals surface area contributed by atoms with Crippen LogP contribution in [0.15, 0.2) is 72.9 Å². The van der Waals surface area contributed by atoms with Crippen LogP contribution in [0.4, 0.5) is 0 Å². The Bertz CT molecular complexity index is 610. The monoisotopic (exact) mass is 409 g/mol. The molecule has 0 atom stereocenters. The maximum absolute atomic E-state index is 9.27. The van der Waals surface area contributed by atoms with Gasteiger partial charge in [0.1, 0.15) is 5.75 Å². The molecule has 0 heterocycles.